The molecule has 1 amide bonds. The van der Waals surface area contributed by atoms with Crippen LogP contribution in [0.5, 0.6) is 0 Å². The van der Waals surface area contributed by atoms with Gasteiger partial charge in [0, 0.05) is 31.4 Å². The first-order valence-corrected chi connectivity index (χ1v) is 6.71. The summed E-state index contributed by atoms with van der Waals surface area (Å²) in [5.41, 5.74) is 0.880. The number of aromatic nitrogens is 1. The number of amides is 1. The van der Waals surface area contributed by atoms with Crippen LogP contribution in [0.4, 0.5) is 0 Å². The molecule has 0 aliphatic rings. The second kappa shape index (κ2) is 9.86. The Morgan fingerprint density at radius 3 is 2.85 bits per heavy atom. The van der Waals surface area contributed by atoms with Gasteiger partial charge in [-0.25, -0.2) is 0 Å². The third kappa shape index (κ3) is 7.43. The van der Waals surface area contributed by atoms with E-state index in [1.807, 2.05) is 12.1 Å². The minimum absolute atomic E-state index is 0.131. The molecule has 0 aromatic carbocycles. The highest BCUT2D eigenvalue weighted by Gasteiger charge is 1.99. The fourth-order valence-corrected chi connectivity index (χ4v) is 1.62. The third-order valence-corrected chi connectivity index (χ3v) is 2.72. The van der Waals surface area contributed by atoms with Crippen molar-refractivity contribution in [1.29, 1.82) is 0 Å². The lowest BCUT2D eigenvalue weighted by atomic mass is 10.1. The lowest BCUT2D eigenvalue weighted by Crippen LogP contribution is -2.22. The summed E-state index contributed by atoms with van der Waals surface area (Å²) in [6.07, 6.45) is 9.39. The molecule has 1 aromatic heterocycles. The molecule has 0 atom stereocenters. The molecule has 0 aliphatic carbocycles. The fourth-order valence-electron chi connectivity index (χ4n) is 1.62. The van der Waals surface area contributed by atoms with Crippen LogP contribution in [0, 0.1) is 0 Å². The van der Waals surface area contributed by atoms with Crippen molar-refractivity contribution in [2.24, 2.45) is 0 Å². The van der Waals surface area contributed by atoms with Gasteiger partial charge in [0.15, 0.2) is 5.78 Å². The number of carbonyl (C=O) groups is 2. The summed E-state index contributed by atoms with van der Waals surface area (Å²) in [6, 6.07) is 3.68. The van der Waals surface area contributed by atoms with Crippen molar-refractivity contribution in [2.75, 3.05) is 13.2 Å². The predicted octanol–water partition coefficient (Wildman–Crippen LogP) is 1.33. The predicted molar refractivity (Wildman–Crippen MR) is 76.8 cm³/mol. The number of hydrogen-bond acceptors (Lipinski definition) is 4. The number of aliphatic hydroxyl groups excluding tert-OH is 1. The van der Waals surface area contributed by atoms with Crippen molar-refractivity contribution in [1.82, 2.24) is 10.3 Å². The van der Waals surface area contributed by atoms with E-state index < -0.39 is 0 Å². The van der Waals surface area contributed by atoms with Crippen LogP contribution in [-0.4, -0.2) is 34.9 Å². The van der Waals surface area contributed by atoms with Crippen molar-refractivity contribution in [3.63, 3.8) is 0 Å². The standard InChI is InChI=1S/C15H20N2O3/c18-12-14(19)6-2-1-3-10-17-15(20)8-7-13-5-4-9-16-11-13/h4-5,7-9,11,18H,1-3,6,10,12H2,(H,17,20)/b8-7+. The van der Waals surface area contributed by atoms with Gasteiger partial charge in [-0.05, 0) is 30.5 Å². The summed E-state index contributed by atoms with van der Waals surface area (Å²) in [4.78, 5) is 26.3. The summed E-state index contributed by atoms with van der Waals surface area (Å²) >= 11 is 0. The Kier molecular flexibility index (Phi) is 7.91. The molecule has 108 valence electrons. The average Bonchev–Trinajstić information content (AvgIpc) is 2.49. The zero-order valence-corrected chi connectivity index (χ0v) is 11.4. The molecule has 0 radical (unpaired) electrons. The Morgan fingerprint density at radius 1 is 1.30 bits per heavy atom. The van der Waals surface area contributed by atoms with Gasteiger partial charge in [-0.3, -0.25) is 14.6 Å². The summed E-state index contributed by atoms with van der Waals surface area (Å²) in [5, 5.41) is 11.3. The molecule has 2 N–H and O–H groups in total. The number of rotatable bonds is 9. The minimum Gasteiger partial charge on any atom is -0.389 e. The molecule has 0 saturated carbocycles. The molecular weight excluding hydrogens is 256 g/mol. The van der Waals surface area contributed by atoms with Crippen LogP contribution in [0.2, 0.25) is 0 Å². The number of carbonyl (C=O) groups excluding carboxylic acids is 2. The van der Waals surface area contributed by atoms with Gasteiger partial charge in [-0.1, -0.05) is 12.5 Å². The van der Waals surface area contributed by atoms with Gasteiger partial charge in [0.25, 0.3) is 0 Å². The second-order valence-corrected chi connectivity index (χ2v) is 4.42. The molecule has 0 aliphatic heterocycles. The SMILES string of the molecule is O=C(CO)CCCCCNC(=O)/C=C/c1cccnc1. The van der Waals surface area contributed by atoms with E-state index in [0.29, 0.717) is 13.0 Å². The monoisotopic (exact) mass is 276 g/mol. The number of nitrogens with one attached hydrogen (secondary N) is 1. The van der Waals surface area contributed by atoms with E-state index >= 15 is 0 Å². The quantitative estimate of drug-likeness (QED) is 0.527. The first kappa shape index (κ1) is 16.0. The lowest BCUT2D eigenvalue weighted by molar-refractivity contribution is -0.122. The normalized spacial score (nSPS) is 10.7. The third-order valence-electron chi connectivity index (χ3n) is 2.72. The Hall–Kier alpha value is -2.01. The molecule has 0 bridgehead atoms. The molecule has 0 unspecified atom stereocenters. The lowest BCUT2D eigenvalue weighted by Gasteiger charge is -2.02. The molecule has 1 rings (SSSR count). The molecule has 0 saturated heterocycles. The largest absolute Gasteiger partial charge is 0.389 e. The van der Waals surface area contributed by atoms with Crippen LogP contribution < -0.4 is 5.32 Å². The number of Topliss-reactive ketones (excluding diaryl/α,β-unsaturated/α-hetero) is 1. The van der Waals surface area contributed by atoms with Crippen LogP contribution in [0.15, 0.2) is 30.6 Å². The van der Waals surface area contributed by atoms with Crippen LogP contribution in [0.1, 0.15) is 31.2 Å². The smallest absolute Gasteiger partial charge is 0.243 e. The Morgan fingerprint density at radius 2 is 2.15 bits per heavy atom. The van der Waals surface area contributed by atoms with Gasteiger partial charge in [0.2, 0.25) is 5.91 Å². The van der Waals surface area contributed by atoms with Crippen LogP contribution in [0.3, 0.4) is 0 Å². The summed E-state index contributed by atoms with van der Waals surface area (Å²) in [7, 11) is 0. The van der Waals surface area contributed by atoms with E-state index in [1.165, 1.54) is 6.08 Å². The van der Waals surface area contributed by atoms with E-state index in [4.69, 9.17) is 5.11 Å². The molecule has 5 nitrogen and oxygen atoms in total. The van der Waals surface area contributed by atoms with Crippen molar-refractivity contribution in [3.8, 4) is 0 Å². The number of aliphatic hydroxyl groups is 1. The molecule has 0 fully saturated rings. The van der Waals surface area contributed by atoms with Gasteiger partial charge in [-0.2, -0.15) is 0 Å². The zero-order valence-electron chi connectivity index (χ0n) is 11.4. The maximum Gasteiger partial charge on any atom is 0.243 e. The molecule has 20 heavy (non-hydrogen) atoms. The van der Waals surface area contributed by atoms with E-state index in [0.717, 1.165) is 24.8 Å². The van der Waals surface area contributed by atoms with E-state index in [-0.39, 0.29) is 18.3 Å². The van der Waals surface area contributed by atoms with Crippen molar-refractivity contribution in [3.05, 3.63) is 36.2 Å². The van der Waals surface area contributed by atoms with E-state index in [1.54, 1.807) is 18.5 Å². The molecule has 1 aromatic rings. The summed E-state index contributed by atoms with van der Waals surface area (Å²) in [6.45, 7) is 0.208. The van der Waals surface area contributed by atoms with Crippen molar-refractivity contribution >= 4 is 17.8 Å². The molecular formula is C15H20N2O3. The Bertz CT molecular complexity index is 444. The van der Waals surface area contributed by atoms with Gasteiger partial charge < -0.3 is 10.4 Å². The first-order chi connectivity index (χ1) is 9.72. The van der Waals surface area contributed by atoms with Gasteiger partial charge in [0.05, 0.1) is 0 Å². The minimum atomic E-state index is -0.379. The van der Waals surface area contributed by atoms with Gasteiger partial charge >= 0.3 is 0 Å². The van der Waals surface area contributed by atoms with Crippen molar-refractivity contribution in [2.45, 2.75) is 25.7 Å². The van der Waals surface area contributed by atoms with Gasteiger partial charge in [0.1, 0.15) is 6.61 Å². The van der Waals surface area contributed by atoms with Crippen LogP contribution in [0.25, 0.3) is 6.08 Å². The van der Waals surface area contributed by atoms with Gasteiger partial charge in [-0.15, -0.1) is 0 Å². The maximum atomic E-state index is 11.5. The fraction of sp³-hybridized carbons (Fsp3) is 0.400. The Balaban J connectivity index is 2.09. The average molecular weight is 276 g/mol. The summed E-state index contributed by atoms with van der Waals surface area (Å²) in [5.74, 6) is -0.270. The first-order valence-electron chi connectivity index (χ1n) is 6.71. The highest BCUT2D eigenvalue weighted by atomic mass is 16.3. The Labute approximate surface area is 118 Å². The summed E-state index contributed by atoms with van der Waals surface area (Å²) < 4.78 is 0. The number of pyridine rings is 1. The topological polar surface area (TPSA) is 79.3 Å². The molecule has 0 spiro atoms. The number of nitrogens with zero attached hydrogens (tertiary/aromatic N) is 1. The van der Waals surface area contributed by atoms with Crippen LogP contribution in [-0.2, 0) is 9.59 Å². The van der Waals surface area contributed by atoms with Crippen molar-refractivity contribution < 1.29 is 14.7 Å². The number of ketones is 1. The van der Waals surface area contributed by atoms with Crippen LogP contribution >= 0.6 is 0 Å². The number of hydrogen-bond donors (Lipinski definition) is 2. The highest BCUT2D eigenvalue weighted by molar-refractivity contribution is 5.91. The molecule has 5 heteroatoms. The maximum absolute atomic E-state index is 11.5. The highest BCUT2D eigenvalue weighted by Crippen LogP contribution is 2.00. The van der Waals surface area contributed by atoms with E-state index in [2.05, 4.69) is 10.3 Å². The second-order valence-electron chi connectivity index (χ2n) is 4.42. The number of unbranched alkanes of at least 4 members (excludes halogenated alkanes) is 2. The zero-order chi connectivity index (χ0) is 14.6. The molecule has 1 heterocycles. The van der Waals surface area contributed by atoms with E-state index in [9.17, 15) is 9.59 Å².